The average Bonchev–Trinajstić information content (AvgIpc) is 2.92. The molecule has 0 aliphatic heterocycles. The summed E-state index contributed by atoms with van der Waals surface area (Å²) in [6, 6.07) is 14.9. The van der Waals surface area contributed by atoms with Crippen molar-refractivity contribution >= 4 is 16.7 Å². The molecule has 21 heavy (non-hydrogen) atoms. The topological polar surface area (TPSA) is 44.1 Å². The number of ether oxygens (including phenoxy) is 1. The van der Waals surface area contributed by atoms with Crippen molar-refractivity contribution in [2.75, 3.05) is 7.11 Å². The molecule has 0 atom stereocenters. The second kappa shape index (κ2) is 5.40. The van der Waals surface area contributed by atoms with Gasteiger partial charge in [0.25, 0.3) is 0 Å². The van der Waals surface area contributed by atoms with Gasteiger partial charge in [0.15, 0.2) is 0 Å². The van der Waals surface area contributed by atoms with Gasteiger partial charge in [-0.05, 0) is 37.3 Å². The number of rotatable bonds is 4. The van der Waals surface area contributed by atoms with E-state index in [0.717, 1.165) is 16.7 Å². The summed E-state index contributed by atoms with van der Waals surface area (Å²) in [6.45, 7) is 2.64. The summed E-state index contributed by atoms with van der Waals surface area (Å²) in [6.07, 6.45) is 0. The normalized spacial score (nSPS) is 10.8. The van der Waals surface area contributed by atoms with Crippen LogP contribution < -0.4 is 4.74 Å². The van der Waals surface area contributed by atoms with Gasteiger partial charge < -0.3 is 4.74 Å². The zero-order chi connectivity index (χ0) is 14.8. The SMILES string of the molecule is CCn1nc2ccccc2c1C(=O)c1ccc(OC)cc1. The Labute approximate surface area is 123 Å². The van der Waals surface area contributed by atoms with E-state index >= 15 is 0 Å². The summed E-state index contributed by atoms with van der Waals surface area (Å²) in [5, 5.41) is 5.37. The van der Waals surface area contributed by atoms with Crippen LogP contribution in [0.15, 0.2) is 48.5 Å². The van der Waals surface area contributed by atoms with Crippen LogP contribution in [0.25, 0.3) is 10.9 Å². The van der Waals surface area contributed by atoms with Gasteiger partial charge >= 0.3 is 0 Å². The predicted octanol–water partition coefficient (Wildman–Crippen LogP) is 3.30. The van der Waals surface area contributed by atoms with Crippen LogP contribution in [0.1, 0.15) is 23.0 Å². The summed E-state index contributed by atoms with van der Waals surface area (Å²) in [5.41, 5.74) is 2.12. The number of nitrogens with zero attached hydrogens (tertiary/aromatic N) is 2. The highest BCUT2D eigenvalue weighted by Gasteiger charge is 2.18. The van der Waals surface area contributed by atoms with Crippen molar-refractivity contribution in [3.05, 3.63) is 59.8 Å². The van der Waals surface area contributed by atoms with E-state index < -0.39 is 0 Å². The number of aromatic nitrogens is 2. The molecule has 106 valence electrons. The van der Waals surface area contributed by atoms with Crippen LogP contribution in [-0.2, 0) is 6.54 Å². The van der Waals surface area contributed by atoms with Gasteiger partial charge in [-0.3, -0.25) is 9.48 Å². The smallest absolute Gasteiger partial charge is 0.211 e. The standard InChI is InChI=1S/C17H16N2O2/c1-3-19-16(14-6-4-5-7-15(14)18-19)17(20)12-8-10-13(21-2)11-9-12/h4-11H,3H2,1-2H3. The second-order valence-corrected chi connectivity index (χ2v) is 4.74. The fourth-order valence-electron chi connectivity index (χ4n) is 2.43. The van der Waals surface area contributed by atoms with Crippen LogP contribution >= 0.6 is 0 Å². The third-order valence-corrected chi connectivity index (χ3v) is 3.51. The molecule has 0 radical (unpaired) electrons. The summed E-state index contributed by atoms with van der Waals surface area (Å²) < 4.78 is 6.89. The maximum atomic E-state index is 12.8. The Hall–Kier alpha value is -2.62. The Morgan fingerprint density at radius 3 is 2.52 bits per heavy atom. The molecule has 0 amide bonds. The average molecular weight is 280 g/mol. The molecule has 4 nitrogen and oxygen atoms in total. The van der Waals surface area contributed by atoms with E-state index in [4.69, 9.17) is 4.74 Å². The molecule has 4 heteroatoms. The lowest BCUT2D eigenvalue weighted by Gasteiger charge is -2.05. The number of hydrogen-bond donors (Lipinski definition) is 0. The molecule has 1 aromatic heterocycles. The molecular weight excluding hydrogens is 264 g/mol. The van der Waals surface area contributed by atoms with E-state index in [0.29, 0.717) is 17.8 Å². The fourth-order valence-corrected chi connectivity index (χ4v) is 2.43. The Balaban J connectivity index is 2.11. The fraction of sp³-hybridized carbons (Fsp3) is 0.176. The molecule has 0 fully saturated rings. The van der Waals surface area contributed by atoms with Crippen molar-refractivity contribution in [1.82, 2.24) is 9.78 Å². The molecule has 0 aliphatic rings. The van der Waals surface area contributed by atoms with E-state index in [1.165, 1.54) is 0 Å². The van der Waals surface area contributed by atoms with Gasteiger partial charge in [0.2, 0.25) is 5.78 Å². The molecule has 0 N–H and O–H groups in total. The maximum absolute atomic E-state index is 12.8. The second-order valence-electron chi connectivity index (χ2n) is 4.74. The van der Waals surface area contributed by atoms with Crippen molar-refractivity contribution < 1.29 is 9.53 Å². The zero-order valence-corrected chi connectivity index (χ0v) is 12.0. The van der Waals surface area contributed by atoms with Crippen LogP contribution in [0, 0.1) is 0 Å². The van der Waals surface area contributed by atoms with Gasteiger partial charge in [-0.25, -0.2) is 0 Å². The van der Waals surface area contributed by atoms with Crippen LogP contribution in [0.5, 0.6) is 5.75 Å². The number of benzene rings is 2. The molecule has 0 saturated heterocycles. The predicted molar refractivity (Wildman–Crippen MR) is 81.8 cm³/mol. The van der Waals surface area contributed by atoms with Gasteiger partial charge in [0, 0.05) is 17.5 Å². The van der Waals surface area contributed by atoms with E-state index in [9.17, 15) is 4.79 Å². The highest BCUT2D eigenvalue weighted by Crippen LogP contribution is 2.22. The van der Waals surface area contributed by atoms with Crippen molar-refractivity contribution in [2.45, 2.75) is 13.5 Å². The van der Waals surface area contributed by atoms with Crippen LogP contribution in [0.4, 0.5) is 0 Å². The first-order chi connectivity index (χ1) is 10.2. The summed E-state index contributed by atoms with van der Waals surface area (Å²) in [5.74, 6) is 0.716. The maximum Gasteiger partial charge on any atom is 0.211 e. The zero-order valence-electron chi connectivity index (χ0n) is 12.0. The Morgan fingerprint density at radius 1 is 1.14 bits per heavy atom. The minimum atomic E-state index is -0.0202. The largest absolute Gasteiger partial charge is 0.497 e. The lowest BCUT2D eigenvalue weighted by Crippen LogP contribution is -2.10. The number of hydrogen-bond acceptors (Lipinski definition) is 3. The van der Waals surface area contributed by atoms with Gasteiger partial charge in [0.1, 0.15) is 11.4 Å². The lowest BCUT2D eigenvalue weighted by atomic mass is 10.0. The highest BCUT2D eigenvalue weighted by atomic mass is 16.5. The number of carbonyl (C=O) groups is 1. The summed E-state index contributed by atoms with van der Waals surface area (Å²) in [7, 11) is 1.61. The molecule has 0 unspecified atom stereocenters. The van der Waals surface area contributed by atoms with E-state index in [1.807, 2.05) is 31.2 Å². The van der Waals surface area contributed by atoms with Gasteiger partial charge in [0.05, 0.1) is 12.6 Å². The van der Waals surface area contributed by atoms with Gasteiger partial charge in [-0.15, -0.1) is 0 Å². The van der Waals surface area contributed by atoms with Crippen molar-refractivity contribution in [3.8, 4) is 5.75 Å². The van der Waals surface area contributed by atoms with Crippen LogP contribution in [-0.4, -0.2) is 22.7 Å². The Morgan fingerprint density at radius 2 is 1.86 bits per heavy atom. The van der Waals surface area contributed by atoms with E-state index in [2.05, 4.69) is 5.10 Å². The quantitative estimate of drug-likeness (QED) is 0.689. The first-order valence-corrected chi connectivity index (χ1v) is 6.89. The number of carbonyl (C=O) groups excluding carboxylic acids is 1. The van der Waals surface area contributed by atoms with E-state index in [1.54, 1.807) is 36.1 Å². The van der Waals surface area contributed by atoms with Gasteiger partial charge in [-0.2, -0.15) is 5.10 Å². The summed E-state index contributed by atoms with van der Waals surface area (Å²) >= 11 is 0. The first-order valence-electron chi connectivity index (χ1n) is 6.89. The molecule has 1 heterocycles. The highest BCUT2D eigenvalue weighted by molar-refractivity contribution is 6.15. The number of ketones is 1. The molecule has 0 bridgehead atoms. The van der Waals surface area contributed by atoms with Gasteiger partial charge in [-0.1, -0.05) is 18.2 Å². The third kappa shape index (κ3) is 2.29. The lowest BCUT2D eigenvalue weighted by molar-refractivity contribution is 0.103. The van der Waals surface area contributed by atoms with Crippen LogP contribution in [0.2, 0.25) is 0 Å². The molecule has 0 spiro atoms. The minimum Gasteiger partial charge on any atom is -0.497 e. The molecular formula is C17H16N2O2. The van der Waals surface area contributed by atoms with Crippen molar-refractivity contribution in [2.24, 2.45) is 0 Å². The third-order valence-electron chi connectivity index (χ3n) is 3.51. The first kappa shape index (κ1) is 13.4. The Bertz CT molecular complexity index is 788. The number of aryl methyl sites for hydroxylation is 1. The molecule has 0 saturated carbocycles. The molecule has 2 aromatic carbocycles. The Kier molecular flexibility index (Phi) is 3.44. The summed E-state index contributed by atoms with van der Waals surface area (Å²) in [4.78, 5) is 12.8. The molecule has 3 aromatic rings. The van der Waals surface area contributed by atoms with Crippen molar-refractivity contribution in [1.29, 1.82) is 0 Å². The van der Waals surface area contributed by atoms with Crippen molar-refractivity contribution in [3.63, 3.8) is 0 Å². The molecule has 0 aliphatic carbocycles. The van der Waals surface area contributed by atoms with Crippen LogP contribution in [0.3, 0.4) is 0 Å². The number of methoxy groups -OCH3 is 1. The monoisotopic (exact) mass is 280 g/mol. The molecule has 3 rings (SSSR count). The van der Waals surface area contributed by atoms with E-state index in [-0.39, 0.29) is 5.78 Å². The number of fused-ring (bicyclic) bond motifs is 1. The minimum absolute atomic E-state index is 0.0202.